The number of hydrogen-bond donors (Lipinski definition) is 0. The first-order valence-electron chi connectivity index (χ1n) is 3.90. The van der Waals surface area contributed by atoms with Crippen molar-refractivity contribution >= 4 is 23.3 Å². The van der Waals surface area contributed by atoms with Crippen molar-refractivity contribution in [2.75, 3.05) is 0 Å². The molecule has 0 aliphatic heterocycles. The molecule has 0 aliphatic carbocycles. The highest BCUT2D eigenvalue weighted by molar-refractivity contribution is 6.99. The lowest BCUT2D eigenvalue weighted by molar-refractivity contribution is 0.628. The predicted octanol–water partition coefficient (Wildman–Crippen LogP) is 2.87. The van der Waals surface area contributed by atoms with Crippen molar-refractivity contribution < 1.29 is 4.39 Å². The molecule has 6 heteroatoms. The lowest BCUT2D eigenvalue weighted by atomic mass is 10.1. The number of nitrogens with zero attached hydrogens (tertiary/aromatic N) is 3. The van der Waals surface area contributed by atoms with Crippen molar-refractivity contribution in [1.82, 2.24) is 8.75 Å². The van der Waals surface area contributed by atoms with Crippen LogP contribution < -0.4 is 0 Å². The molecule has 0 saturated heterocycles. The van der Waals surface area contributed by atoms with Crippen molar-refractivity contribution in [2.45, 2.75) is 0 Å². The Labute approximate surface area is 94.1 Å². The Hall–Kier alpha value is -1.51. The smallest absolute Gasteiger partial charge is 0.170 e. The maximum absolute atomic E-state index is 13.1. The van der Waals surface area contributed by atoms with Crippen LogP contribution in [0.5, 0.6) is 0 Å². The van der Waals surface area contributed by atoms with Crippen LogP contribution in [0.1, 0.15) is 5.56 Å². The Morgan fingerprint density at radius 3 is 2.73 bits per heavy atom. The molecule has 0 spiro atoms. The molecule has 0 unspecified atom stereocenters. The lowest BCUT2D eigenvalue weighted by Crippen LogP contribution is -1.84. The monoisotopic (exact) mass is 239 g/mol. The van der Waals surface area contributed by atoms with Gasteiger partial charge in [0, 0.05) is 5.56 Å². The number of halogens is 2. The van der Waals surface area contributed by atoms with Gasteiger partial charge in [0.2, 0.25) is 0 Å². The summed E-state index contributed by atoms with van der Waals surface area (Å²) in [7, 11) is 0. The summed E-state index contributed by atoms with van der Waals surface area (Å²) in [5.41, 5.74) is 1.09. The van der Waals surface area contributed by atoms with Gasteiger partial charge in [-0.3, -0.25) is 0 Å². The van der Waals surface area contributed by atoms with Gasteiger partial charge in [-0.05, 0) is 18.2 Å². The second-order valence-electron chi connectivity index (χ2n) is 2.74. The van der Waals surface area contributed by atoms with Crippen LogP contribution in [-0.2, 0) is 0 Å². The summed E-state index contributed by atoms with van der Waals surface area (Å²) in [6.45, 7) is 0. The maximum Gasteiger partial charge on any atom is 0.170 e. The van der Waals surface area contributed by atoms with Gasteiger partial charge in [0.1, 0.15) is 11.5 Å². The molecule has 0 N–H and O–H groups in total. The van der Waals surface area contributed by atoms with Crippen LogP contribution in [0.3, 0.4) is 0 Å². The van der Waals surface area contributed by atoms with E-state index in [0.717, 1.165) is 17.8 Å². The van der Waals surface area contributed by atoms with E-state index < -0.39 is 5.82 Å². The van der Waals surface area contributed by atoms with Crippen LogP contribution in [0.15, 0.2) is 18.2 Å². The minimum absolute atomic E-state index is 0.217. The van der Waals surface area contributed by atoms with Crippen molar-refractivity contribution in [3.63, 3.8) is 0 Å². The van der Waals surface area contributed by atoms with Gasteiger partial charge in [-0.1, -0.05) is 11.6 Å². The minimum atomic E-state index is -0.492. The van der Waals surface area contributed by atoms with E-state index in [9.17, 15) is 4.39 Å². The number of aromatic nitrogens is 2. The number of nitriles is 1. The summed E-state index contributed by atoms with van der Waals surface area (Å²) in [5.74, 6) is -0.492. The van der Waals surface area contributed by atoms with Gasteiger partial charge >= 0.3 is 0 Å². The van der Waals surface area contributed by atoms with Crippen molar-refractivity contribution in [3.8, 4) is 17.3 Å². The highest BCUT2D eigenvalue weighted by Crippen LogP contribution is 2.26. The number of benzene rings is 1. The SMILES string of the molecule is N#Cc1cc(F)cc(-c2nsnc2Cl)c1. The first-order valence-corrected chi connectivity index (χ1v) is 5.00. The molecular formula is C9H3ClFN3S. The quantitative estimate of drug-likeness (QED) is 0.769. The van der Waals surface area contributed by atoms with Gasteiger partial charge in [0.15, 0.2) is 5.15 Å². The minimum Gasteiger partial charge on any atom is -0.207 e. The fourth-order valence-corrected chi connectivity index (χ4v) is 1.91. The second-order valence-corrected chi connectivity index (χ2v) is 3.63. The van der Waals surface area contributed by atoms with Crippen LogP contribution in [0.2, 0.25) is 5.15 Å². The lowest BCUT2D eigenvalue weighted by Gasteiger charge is -1.98. The molecule has 1 aromatic heterocycles. The summed E-state index contributed by atoms with van der Waals surface area (Å²) < 4.78 is 20.8. The highest BCUT2D eigenvalue weighted by Gasteiger charge is 2.10. The molecule has 0 fully saturated rings. The molecule has 15 heavy (non-hydrogen) atoms. The van der Waals surface area contributed by atoms with Crippen LogP contribution in [0.25, 0.3) is 11.3 Å². The summed E-state index contributed by atoms with van der Waals surface area (Å²) >= 11 is 6.70. The van der Waals surface area contributed by atoms with Gasteiger partial charge in [0.25, 0.3) is 0 Å². The van der Waals surface area contributed by atoms with E-state index in [1.165, 1.54) is 12.1 Å². The highest BCUT2D eigenvalue weighted by atomic mass is 35.5. The van der Waals surface area contributed by atoms with Gasteiger partial charge in [0.05, 0.1) is 23.4 Å². The topological polar surface area (TPSA) is 49.6 Å². The molecular weight excluding hydrogens is 237 g/mol. The molecule has 1 heterocycles. The zero-order valence-corrected chi connectivity index (χ0v) is 8.81. The third kappa shape index (κ3) is 1.96. The Balaban J connectivity index is 2.59. The average molecular weight is 240 g/mol. The molecule has 2 rings (SSSR count). The normalized spacial score (nSPS) is 9.93. The number of hydrogen-bond acceptors (Lipinski definition) is 4. The van der Waals surface area contributed by atoms with Gasteiger partial charge < -0.3 is 0 Å². The van der Waals surface area contributed by atoms with Gasteiger partial charge in [-0.15, -0.1) is 0 Å². The molecule has 0 bridgehead atoms. The third-order valence-electron chi connectivity index (χ3n) is 1.75. The molecule has 3 nitrogen and oxygen atoms in total. The molecule has 0 saturated carbocycles. The molecule has 0 radical (unpaired) electrons. The molecule has 74 valence electrons. The van der Waals surface area contributed by atoms with Crippen molar-refractivity contribution in [2.24, 2.45) is 0 Å². The Morgan fingerprint density at radius 1 is 1.33 bits per heavy atom. The third-order valence-corrected chi connectivity index (χ3v) is 2.64. The first-order chi connectivity index (χ1) is 7.20. The van der Waals surface area contributed by atoms with Crippen molar-refractivity contribution in [1.29, 1.82) is 5.26 Å². The van der Waals surface area contributed by atoms with Crippen LogP contribution in [0.4, 0.5) is 4.39 Å². The van der Waals surface area contributed by atoms with Crippen LogP contribution >= 0.6 is 23.3 Å². The van der Waals surface area contributed by atoms with E-state index in [-0.39, 0.29) is 10.7 Å². The number of rotatable bonds is 1. The summed E-state index contributed by atoms with van der Waals surface area (Å²) in [6.07, 6.45) is 0. The molecule has 1 aromatic carbocycles. The molecule has 0 amide bonds. The van der Waals surface area contributed by atoms with Gasteiger partial charge in [-0.25, -0.2) is 4.39 Å². The fourth-order valence-electron chi connectivity index (χ4n) is 1.14. The van der Waals surface area contributed by atoms with Gasteiger partial charge in [-0.2, -0.15) is 14.0 Å². The van der Waals surface area contributed by atoms with E-state index in [0.29, 0.717) is 11.3 Å². The Kier molecular flexibility index (Phi) is 2.62. The Morgan fingerprint density at radius 2 is 2.13 bits per heavy atom. The largest absolute Gasteiger partial charge is 0.207 e. The van der Waals surface area contributed by atoms with E-state index >= 15 is 0 Å². The zero-order valence-electron chi connectivity index (χ0n) is 7.24. The molecule has 0 atom stereocenters. The van der Waals surface area contributed by atoms with Crippen molar-refractivity contribution in [3.05, 3.63) is 34.7 Å². The molecule has 0 aliphatic rings. The Bertz CT molecular complexity index is 547. The van der Waals surface area contributed by atoms with Crippen LogP contribution in [0, 0.1) is 17.1 Å². The van der Waals surface area contributed by atoms with Crippen LogP contribution in [-0.4, -0.2) is 8.75 Å². The summed E-state index contributed by atoms with van der Waals surface area (Å²) in [6, 6.07) is 5.80. The summed E-state index contributed by atoms with van der Waals surface area (Å²) in [5, 5.41) is 8.89. The van der Waals surface area contributed by atoms with E-state index in [2.05, 4.69) is 8.75 Å². The predicted molar refractivity (Wildman–Crippen MR) is 55.0 cm³/mol. The summed E-state index contributed by atoms with van der Waals surface area (Å²) in [4.78, 5) is 0. The zero-order chi connectivity index (χ0) is 10.8. The van der Waals surface area contributed by atoms with E-state index in [4.69, 9.17) is 16.9 Å². The maximum atomic E-state index is 13.1. The standard InChI is InChI=1S/C9H3ClFN3S/c10-9-8(13-15-14-9)6-1-5(4-12)2-7(11)3-6/h1-3H. The van der Waals surface area contributed by atoms with E-state index in [1.54, 1.807) is 0 Å². The average Bonchev–Trinajstić information content (AvgIpc) is 2.63. The fraction of sp³-hybridized carbons (Fsp3) is 0. The van der Waals surface area contributed by atoms with E-state index in [1.807, 2.05) is 6.07 Å². The first kappa shape index (κ1) is 10.0. The molecule has 2 aromatic rings. The second kappa shape index (κ2) is 3.93.